The van der Waals surface area contributed by atoms with Gasteiger partial charge in [0.1, 0.15) is 49.5 Å². The highest BCUT2D eigenvalue weighted by molar-refractivity contribution is 7.81. The van der Waals surface area contributed by atoms with Gasteiger partial charge in [-0.3, -0.25) is 27.3 Å². The van der Waals surface area contributed by atoms with Crippen molar-refractivity contribution in [3.63, 3.8) is 0 Å². The number of aliphatic carboxylic acids is 1. The lowest BCUT2D eigenvalue weighted by molar-refractivity contribution is -0.409. The number of hydrogen-bond donors (Lipinski definition) is 8. The third-order valence-electron chi connectivity index (χ3n) is 11.1. The van der Waals surface area contributed by atoms with E-state index in [1.54, 1.807) is 0 Å². The Hall–Kier alpha value is -1.71. The molecule has 0 aliphatic carbocycles. The summed E-state index contributed by atoms with van der Waals surface area (Å²) in [4.78, 5) is 17.4. The average Bonchev–Trinajstić information content (AvgIpc) is 3.29. The minimum atomic E-state index is -5.86. The molecule has 0 aromatic rings. The fourth-order valence-electron chi connectivity index (χ4n) is 8.31. The Bertz CT molecular complexity index is 2500. The Kier molecular flexibility index (Phi) is 25.1. The normalized spacial score (nSPS) is 36.8. The first kappa shape index (κ1) is 67.8. The van der Waals surface area contributed by atoms with Gasteiger partial charge in [-0.25, -0.2) is 30.6 Å². The van der Waals surface area contributed by atoms with E-state index in [9.17, 15) is 88.6 Å². The predicted octanol–water partition coefficient (Wildman–Crippen LogP) is -5.36. The highest BCUT2D eigenvalue weighted by Gasteiger charge is 2.59. The molecule has 4 saturated heterocycles. The molecular formula is C31H54O40S6. The maximum Gasteiger partial charge on any atom is 0.397 e. The number of ether oxygens (including phenoxy) is 13. The number of hydrogen-bond acceptors (Lipinski definition) is 33. The lowest BCUT2D eigenvalue weighted by Crippen LogP contribution is -2.66. The van der Waals surface area contributed by atoms with E-state index in [1.165, 1.54) is 6.92 Å². The smallest absolute Gasteiger partial charge is 0.397 e. The van der Waals surface area contributed by atoms with Gasteiger partial charge in [-0.15, -0.1) is 4.33 Å². The fraction of sp³-hybridized carbons (Fsp3) is 0.968. The summed E-state index contributed by atoms with van der Waals surface area (Å²) < 4.78 is 291. The third-order valence-corrected chi connectivity index (χ3v) is 13.6. The molecular weight excluding hydrogens is 1200 g/mol. The van der Waals surface area contributed by atoms with Gasteiger partial charge in [0.2, 0.25) is 0 Å². The molecule has 0 aromatic carbocycles. The molecule has 0 bridgehead atoms. The number of methoxy groups -OCH3 is 5. The van der Waals surface area contributed by atoms with E-state index >= 15 is 0 Å². The van der Waals surface area contributed by atoms with E-state index in [0.29, 0.717) is 0 Å². The molecule has 12 unspecified atom stereocenters. The molecule has 0 radical (unpaired) electrons. The van der Waals surface area contributed by atoms with Crippen LogP contribution in [0.2, 0.25) is 0 Å². The summed E-state index contributed by atoms with van der Waals surface area (Å²) in [5.74, 6) is -4.30. The van der Waals surface area contributed by atoms with E-state index in [1.807, 2.05) is 0 Å². The van der Waals surface area contributed by atoms with E-state index in [2.05, 4.69) is 21.1 Å². The van der Waals surface area contributed by atoms with Gasteiger partial charge >= 0.3 is 69.3 Å². The van der Waals surface area contributed by atoms with Crippen LogP contribution < -0.4 is 0 Å². The van der Waals surface area contributed by atoms with Crippen molar-refractivity contribution in [3.05, 3.63) is 0 Å². The Morgan fingerprint density at radius 1 is 0.584 bits per heavy atom. The summed E-state index contributed by atoms with van der Waals surface area (Å²) in [7, 11) is -23.6. The van der Waals surface area contributed by atoms with Crippen LogP contribution in [-0.2, 0) is 160 Å². The summed E-state index contributed by atoms with van der Waals surface area (Å²) in [5.41, 5.74) is 0. The summed E-state index contributed by atoms with van der Waals surface area (Å²) in [5, 5.41) is 19.8. The maximum absolute atomic E-state index is 12.6. The van der Waals surface area contributed by atoms with Crippen LogP contribution in [-0.4, -0.2) is 256 Å². The first-order valence-electron chi connectivity index (χ1n) is 20.9. The highest BCUT2D eigenvalue weighted by atomic mass is 32.3. The van der Waals surface area contributed by atoms with Gasteiger partial charge in [-0.1, -0.05) is 6.92 Å². The zero-order valence-corrected chi connectivity index (χ0v) is 44.9. The number of carboxylic acid groups (broad SMARTS) is 1. The number of carboxylic acids is 1. The van der Waals surface area contributed by atoms with Crippen LogP contribution in [0.15, 0.2) is 0 Å². The second kappa shape index (κ2) is 28.5. The van der Waals surface area contributed by atoms with Crippen molar-refractivity contribution in [3.8, 4) is 0 Å². The highest BCUT2D eigenvalue weighted by Crippen LogP contribution is 2.41. The molecule has 454 valence electrons. The summed E-state index contributed by atoms with van der Waals surface area (Å²) in [6.07, 6.45) is -39.8. The topological polar surface area (TPSA) is 551 Å². The van der Waals surface area contributed by atoms with Crippen LogP contribution >= 0.6 is 0 Å². The third kappa shape index (κ3) is 20.0. The van der Waals surface area contributed by atoms with Crippen LogP contribution in [0.4, 0.5) is 0 Å². The molecule has 40 nitrogen and oxygen atoms in total. The molecule has 21 atom stereocenters. The number of aliphatic hydroxyl groups excluding tert-OH is 1. The van der Waals surface area contributed by atoms with Gasteiger partial charge < -0.3 is 71.8 Å². The molecule has 77 heavy (non-hydrogen) atoms. The van der Waals surface area contributed by atoms with Crippen LogP contribution in [0, 0.1) is 11.8 Å². The molecule has 4 fully saturated rings. The van der Waals surface area contributed by atoms with Crippen molar-refractivity contribution < 1.29 is 180 Å². The van der Waals surface area contributed by atoms with Crippen LogP contribution in [0.5, 0.6) is 0 Å². The van der Waals surface area contributed by atoms with Crippen LogP contribution in [0.3, 0.4) is 0 Å². The van der Waals surface area contributed by atoms with E-state index in [4.69, 9.17) is 70.6 Å². The number of carbonyl (C=O) groups is 1. The largest absolute Gasteiger partial charge is 0.479 e. The zero-order chi connectivity index (χ0) is 58.2. The average molecular weight is 1260 g/mol. The van der Waals surface area contributed by atoms with Crippen molar-refractivity contribution in [1.82, 2.24) is 0 Å². The van der Waals surface area contributed by atoms with Gasteiger partial charge in [0.15, 0.2) is 62.2 Å². The minimum Gasteiger partial charge on any atom is -0.479 e. The van der Waals surface area contributed by atoms with Gasteiger partial charge in [-0.05, 0) is 0 Å². The standard InChI is InChI=1S/C31H54O40S6/c1-11-16(52-2)23(54-4)30(63-17(11)26(33)34)64-19-13(8-58-73(37,38)39)61-31(24(69-76(46,47)48)21(19)67-71-72(35)36)66-27(55-5)12-7-15(57-10-32)62-29(18(12)53-3)65-20-14(9-59-74(40,41)42)60-28(56-6)25(70-77(49,50)51)22(20)68-75(43,44)45/h11-25,27-32H,7-10H2,1-6H3,(H,33,34)(H,35,36)(H,37,38,39)(H,40,41,42)(H,43,44,45)(H,46,47,48)(H,49,50,51)/t11-,12-,13?,14?,15?,16?,17?,18?,19+,20+,21-,22?,23?,24?,25?,27?,28-,29+,30-,31-/m0/s1. The van der Waals surface area contributed by atoms with Crippen molar-refractivity contribution in [2.75, 3.05) is 55.6 Å². The van der Waals surface area contributed by atoms with Crippen molar-refractivity contribution >= 4 is 69.3 Å². The summed E-state index contributed by atoms with van der Waals surface area (Å²) >= 11 is -3.49. The molecule has 0 amide bonds. The Labute approximate surface area is 439 Å². The molecule has 0 aromatic heterocycles. The van der Waals surface area contributed by atoms with E-state index in [-0.39, 0.29) is 0 Å². The van der Waals surface area contributed by atoms with Crippen LogP contribution in [0.25, 0.3) is 0 Å². The molecule has 46 heteroatoms. The predicted molar refractivity (Wildman–Crippen MR) is 230 cm³/mol. The minimum absolute atomic E-state index is 0.662. The maximum atomic E-state index is 12.6. The number of aliphatic hydroxyl groups is 1. The summed E-state index contributed by atoms with van der Waals surface area (Å²) in [6.45, 7) is -2.72. The molecule has 4 aliphatic heterocycles. The second-order valence-electron chi connectivity index (χ2n) is 15.9. The van der Waals surface area contributed by atoms with Crippen molar-refractivity contribution in [2.24, 2.45) is 11.8 Å². The molecule has 4 rings (SSSR count). The first-order valence-corrected chi connectivity index (χ1v) is 28.8. The quantitative estimate of drug-likeness (QED) is 0.0109. The zero-order valence-electron chi connectivity index (χ0n) is 40.0. The van der Waals surface area contributed by atoms with Gasteiger partial charge in [0, 0.05) is 53.8 Å². The Morgan fingerprint density at radius 3 is 1.48 bits per heavy atom. The fourth-order valence-corrected chi connectivity index (χ4v) is 10.5. The molecule has 0 saturated carbocycles. The van der Waals surface area contributed by atoms with Crippen molar-refractivity contribution in [2.45, 2.75) is 124 Å². The Morgan fingerprint density at radius 2 is 1.05 bits per heavy atom. The van der Waals surface area contributed by atoms with E-state index in [0.717, 1.165) is 35.5 Å². The van der Waals surface area contributed by atoms with Crippen LogP contribution in [0.1, 0.15) is 13.3 Å². The second-order valence-corrected chi connectivity index (χ2v) is 21.7. The molecule has 4 heterocycles. The SMILES string of the molecule is COC1C(OC)[C@H](C)C(C(=O)O)O[C@H]1O[C@@H]1C(COS(=O)(=O)O)O[C@@H](OC(OC)[C@H]2CC(OCO)O[C@H](O[C@@H]3C(COS(=O)(=O)O)O[C@H](OC)C(OS(=O)(=O)O)C3OS(=O)(=O)O)C2OC)C(OS(=O)(=O)O)[C@H]1OOS(=O)O. The lowest BCUT2D eigenvalue weighted by Gasteiger charge is -2.49. The van der Waals surface area contributed by atoms with Gasteiger partial charge in [-0.2, -0.15) is 46.3 Å². The Balaban J connectivity index is 1.88. The monoisotopic (exact) mass is 1260 g/mol. The molecule has 0 spiro atoms. The molecule has 8 N–H and O–H groups in total. The van der Waals surface area contributed by atoms with E-state index < -0.39 is 219 Å². The number of rotatable bonds is 30. The van der Waals surface area contributed by atoms with Gasteiger partial charge in [0.25, 0.3) is 0 Å². The molecule has 4 aliphatic rings. The first-order chi connectivity index (χ1) is 35.6. The van der Waals surface area contributed by atoms with Gasteiger partial charge in [0.05, 0.1) is 19.3 Å². The lowest BCUT2D eigenvalue weighted by atomic mass is 9.90. The van der Waals surface area contributed by atoms with Crippen molar-refractivity contribution in [1.29, 1.82) is 0 Å². The summed E-state index contributed by atoms with van der Waals surface area (Å²) in [6, 6.07) is 0.